The second-order valence-electron chi connectivity index (χ2n) is 4.90. The summed E-state index contributed by atoms with van der Waals surface area (Å²) in [4.78, 5) is 23.4. The first-order valence-corrected chi connectivity index (χ1v) is 7.82. The highest BCUT2D eigenvalue weighted by Gasteiger charge is 2.21. The number of ether oxygens (including phenoxy) is 1. The van der Waals surface area contributed by atoms with Crippen LogP contribution in [0.5, 0.6) is 5.88 Å². The average molecular weight is 338 g/mol. The molecule has 0 saturated heterocycles. The first-order chi connectivity index (χ1) is 10.9. The molecule has 2 rings (SSSR count). The van der Waals surface area contributed by atoms with Gasteiger partial charge in [-0.3, -0.25) is 14.9 Å². The van der Waals surface area contributed by atoms with Crippen LogP contribution < -0.4 is 10.1 Å². The van der Waals surface area contributed by atoms with Crippen LogP contribution in [0.2, 0.25) is 0 Å². The fourth-order valence-corrected chi connectivity index (χ4v) is 3.25. The van der Waals surface area contributed by atoms with Gasteiger partial charge in [-0.2, -0.15) is 5.10 Å². The summed E-state index contributed by atoms with van der Waals surface area (Å²) in [5, 5.41) is 18.0. The van der Waals surface area contributed by atoms with Crippen LogP contribution in [-0.4, -0.2) is 27.7 Å². The molecule has 0 bridgehead atoms. The second-order valence-corrected chi connectivity index (χ2v) is 6.16. The number of nitro groups is 1. The van der Waals surface area contributed by atoms with Crippen LogP contribution in [0.4, 0.5) is 5.69 Å². The predicted octanol–water partition coefficient (Wildman–Crippen LogP) is 2.20. The third-order valence-corrected chi connectivity index (χ3v) is 4.48. The molecule has 9 heteroatoms. The number of aromatic nitrogens is 2. The minimum Gasteiger partial charge on any atom is -0.481 e. The maximum atomic E-state index is 12.2. The Morgan fingerprint density at radius 3 is 2.78 bits per heavy atom. The molecule has 0 spiro atoms. The minimum atomic E-state index is -0.484. The van der Waals surface area contributed by atoms with Crippen LogP contribution in [0, 0.1) is 17.0 Å². The lowest BCUT2D eigenvalue weighted by molar-refractivity contribution is -0.385. The summed E-state index contributed by atoms with van der Waals surface area (Å²) in [5.41, 5.74) is 1.62. The molecule has 0 aromatic carbocycles. The van der Waals surface area contributed by atoms with E-state index in [2.05, 4.69) is 10.4 Å². The third-order valence-electron chi connectivity index (χ3n) is 3.44. The minimum absolute atomic E-state index is 0.0339. The SMILES string of the molecule is CCc1nn(C)c(OC)c1CNC(=O)c1cc([N+](=O)[O-])c(C)s1. The summed E-state index contributed by atoms with van der Waals surface area (Å²) in [6.45, 7) is 3.85. The van der Waals surface area contributed by atoms with Crippen LogP contribution in [0.1, 0.15) is 32.7 Å². The Morgan fingerprint density at radius 2 is 2.26 bits per heavy atom. The van der Waals surface area contributed by atoms with Gasteiger partial charge in [0.2, 0.25) is 5.88 Å². The molecule has 23 heavy (non-hydrogen) atoms. The zero-order chi connectivity index (χ0) is 17.1. The van der Waals surface area contributed by atoms with Crippen molar-refractivity contribution in [2.45, 2.75) is 26.8 Å². The topological polar surface area (TPSA) is 99.3 Å². The molecule has 124 valence electrons. The lowest BCUT2D eigenvalue weighted by Crippen LogP contribution is -2.22. The molecular formula is C14H18N4O4S. The molecule has 0 aliphatic carbocycles. The molecule has 2 aromatic rings. The summed E-state index contributed by atoms with van der Waals surface area (Å²) in [6.07, 6.45) is 0.714. The molecule has 0 saturated carbocycles. The van der Waals surface area contributed by atoms with Crippen molar-refractivity contribution in [3.63, 3.8) is 0 Å². The lowest BCUT2D eigenvalue weighted by atomic mass is 10.2. The molecule has 8 nitrogen and oxygen atoms in total. The molecule has 1 amide bonds. The molecule has 2 aromatic heterocycles. The highest BCUT2D eigenvalue weighted by Crippen LogP contribution is 2.28. The largest absolute Gasteiger partial charge is 0.481 e. The zero-order valence-electron chi connectivity index (χ0n) is 13.4. The van der Waals surface area contributed by atoms with Gasteiger partial charge in [-0.05, 0) is 13.3 Å². The van der Waals surface area contributed by atoms with Gasteiger partial charge in [0.05, 0.1) is 39.6 Å². The summed E-state index contributed by atoms with van der Waals surface area (Å²) < 4.78 is 6.94. The van der Waals surface area contributed by atoms with E-state index < -0.39 is 4.92 Å². The van der Waals surface area contributed by atoms with E-state index in [0.717, 1.165) is 22.6 Å². The fourth-order valence-electron chi connectivity index (χ4n) is 2.34. The van der Waals surface area contributed by atoms with E-state index in [1.807, 2.05) is 6.92 Å². The first kappa shape index (κ1) is 16.9. The van der Waals surface area contributed by atoms with Crippen molar-refractivity contribution < 1.29 is 14.5 Å². The molecule has 0 atom stereocenters. The maximum Gasteiger partial charge on any atom is 0.283 e. The van der Waals surface area contributed by atoms with Crippen molar-refractivity contribution in [1.29, 1.82) is 0 Å². The van der Waals surface area contributed by atoms with Crippen LogP contribution in [0.25, 0.3) is 0 Å². The molecule has 0 radical (unpaired) electrons. The zero-order valence-corrected chi connectivity index (χ0v) is 14.2. The number of carbonyl (C=O) groups excluding carboxylic acids is 1. The van der Waals surface area contributed by atoms with Crippen molar-refractivity contribution in [3.8, 4) is 5.88 Å². The molecular weight excluding hydrogens is 320 g/mol. The van der Waals surface area contributed by atoms with Crippen molar-refractivity contribution >= 4 is 22.9 Å². The number of thiophene rings is 1. The van der Waals surface area contributed by atoms with Crippen molar-refractivity contribution in [3.05, 3.63) is 37.2 Å². The number of nitrogens with one attached hydrogen (secondary N) is 1. The number of amides is 1. The van der Waals surface area contributed by atoms with Gasteiger partial charge in [0.25, 0.3) is 11.6 Å². The summed E-state index contributed by atoms with van der Waals surface area (Å²) >= 11 is 1.11. The second kappa shape index (κ2) is 6.78. The van der Waals surface area contributed by atoms with Crippen molar-refractivity contribution in [2.75, 3.05) is 7.11 Å². The van der Waals surface area contributed by atoms with Crippen molar-refractivity contribution in [1.82, 2.24) is 15.1 Å². The van der Waals surface area contributed by atoms with E-state index in [-0.39, 0.29) is 18.1 Å². The normalized spacial score (nSPS) is 10.6. The molecule has 0 fully saturated rings. The van der Waals surface area contributed by atoms with Crippen LogP contribution in [0.3, 0.4) is 0 Å². The maximum absolute atomic E-state index is 12.2. The monoisotopic (exact) mass is 338 g/mol. The number of hydrogen-bond donors (Lipinski definition) is 1. The van der Waals surface area contributed by atoms with E-state index >= 15 is 0 Å². The van der Waals surface area contributed by atoms with Gasteiger partial charge < -0.3 is 10.1 Å². The summed E-state index contributed by atoms with van der Waals surface area (Å²) in [5.74, 6) is 0.245. The van der Waals surface area contributed by atoms with Gasteiger partial charge in [0.15, 0.2) is 0 Å². The van der Waals surface area contributed by atoms with E-state index in [1.165, 1.54) is 6.07 Å². The van der Waals surface area contributed by atoms with E-state index in [1.54, 1.807) is 25.8 Å². The summed E-state index contributed by atoms with van der Waals surface area (Å²) in [7, 11) is 3.32. The quantitative estimate of drug-likeness (QED) is 0.643. The predicted molar refractivity (Wildman–Crippen MR) is 86.0 cm³/mol. The lowest BCUT2D eigenvalue weighted by Gasteiger charge is -2.06. The van der Waals surface area contributed by atoms with Crippen LogP contribution in [0.15, 0.2) is 6.07 Å². The van der Waals surface area contributed by atoms with Gasteiger partial charge in [-0.25, -0.2) is 4.68 Å². The highest BCUT2D eigenvalue weighted by atomic mass is 32.1. The Labute approximate surface area is 137 Å². The van der Waals surface area contributed by atoms with Crippen LogP contribution >= 0.6 is 11.3 Å². The Morgan fingerprint density at radius 1 is 1.57 bits per heavy atom. The number of aryl methyl sites for hydroxylation is 3. The first-order valence-electron chi connectivity index (χ1n) is 7.00. The van der Waals surface area contributed by atoms with Gasteiger partial charge in [0.1, 0.15) is 0 Å². The number of rotatable bonds is 6. The Hall–Kier alpha value is -2.42. The third kappa shape index (κ3) is 3.34. The number of hydrogen-bond acceptors (Lipinski definition) is 6. The smallest absolute Gasteiger partial charge is 0.283 e. The fraction of sp³-hybridized carbons (Fsp3) is 0.429. The number of carbonyl (C=O) groups is 1. The van der Waals surface area contributed by atoms with Crippen LogP contribution in [-0.2, 0) is 20.0 Å². The van der Waals surface area contributed by atoms with Gasteiger partial charge in [-0.15, -0.1) is 11.3 Å². The standard InChI is InChI=1S/C14H18N4O4S/c1-5-10-9(14(22-4)17(3)16-10)7-15-13(19)12-6-11(18(20)21)8(2)23-12/h6H,5,7H2,1-4H3,(H,15,19). The van der Waals surface area contributed by atoms with E-state index in [0.29, 0.717) is 22.1 Å². The molecule has 1 N–H and O–H groups in total. The number of methoxy groups -OCH3 is 1. The van der Waals surface area contributed by atoms with Gasteiger partial charge >= 0.3 is 0 Å². The summed E-state index contributed by atoms with van der Waals surface area (Å²) in [6, 6.07) is 1.30. The van der Waals surface area contributed by atoms with Gasteiger partial charge in [0, 0.05) is 13.1 Å². The molecule has 0 aliphatic rings. The number of nitrogens with zero attached hydrogens (tertiary/aromatic N) is 3. The van der Waals surface area contributed by atoms with Crippen molar-refractivity contribution in [2.24, 2.45) is 7.05 Å². The molecule has 2 heterocycles. The Balaban J connectivity index is 2.16. The Bertz CT molecular complexity index is 750. The average Bonchev–Trinajstić information content (AvgIpc) is 3.04. The van der Waals surface area contributed by atoms with E-state index in [4.69, 9.17) is 4.74 Å². The van der Waals surface area contributed by atoms with Gasteiger partial charge in [-0.1, -0.05) is 6.92 Å². The molecule has 0 aliphatic heterocycles. The molecule has 0 unspecified atom stereocenters. The van der Waals surface area contributed by atoms with E-state index in [9.17, 15) is 14.9 Å². The Kier molecular flexibility index (Phi) is 4.99. The highest BCUT2D eigenvalue weighted by molar-refractivity contribution is 7.14.